The number of rotatable bonds is 1. The lowest BCUT2D eigenvalue weighted by atomic mass is 9.69. The van der Waals surface area contributed by atoms with Gasteiger partial charge in [-0.3, -0.25) is 0 Å². The molecule has 0 saturated heterocycles. The zero-order valence-corrected chi connectivity index (χ0v) is 12.7. The van der Waals surface area contributed by atoms with Gasteiger partial charge < -0.3 is 4.90 Å². The van der Waals surface area contributed by atoms with Crippen molar-refractivity contribution in [2.24, 2.45) is 0 Å². The Morgan fingerprint density at radius 3 is 1.89 bits per heavy atom. The predicted molar refractivity (Wildman–Crippen MR) is 84.0 cm³/mol. The molecule has 0 aliphatic carbocycles. The summed E-state index contributed by atoms with van der Waals surface area (Å²) in [5.41, 5.74) is 6.43. The molecule has 2 heterocycles. The van der Waals surface area contributed by atoms with Crippen molar-refractivity contribution in [1.29, 1.82) is 0 Å². The maximum absolute atomic E-state index is 3.97. The molecule has 0 unspecified atom stereocenters. The smallest absolute Gasteiger partial charge is 0.0442 e. The molecular weight excluding hydrogens is 230 g/mol. The first-order valence-electron chi connectivity index (χ1n) is 7.41. The van der Waals surface area contributed by atoms with E-state index < -0.39 is 0 Å². The molecule has 102 valence electrons. The van der Waals surface area contributed by atoms with Crippen LogP contribution >= 0.6 is 0 Å². The summed E-state index contributed by atoms with van der Waals surface area (Å²) in [6, 6.07) is 4.72. The summed E-state index contributed by atoms with van der Waals surface area (Å²) in [7, 11) is 0. The molecule has 1 aromatic carbocycles. The maximum Gasteiger partial charge on any atom is 0.0442 e. The molecule has 19 heavy (non-hydrogen) atoms. The van der Waals surface area contributed by atoms with Crippen molar-refractivity contribution < 1.29 is 0 Å². The van der Waals surface area contributed by atoms with Gasteiger partial charge in [-0.1, -0.05) is 40.3 Å². The average molecular weight is 255 g/mol. The van der Waals surface area contributed by atoms with Crippen LogP contribution in [0, 0.1) is 0 Å². The van der Waals surface area contributed by atoms with Crippen LogP contribution in [0.1, 0.15) is 57.2 Å². The Bertz CT molecular complexity index is 496. The molecule has 1 aromatic rings. The van der Waals surface area contributed by atoms with E-state index in [4.69, 9.17) is 0 Å². The summed E-state index contributed by atoms with van der Waals surface area (Å²) in [5.74, 6) is 0. The molecule has 0 atom stereocenters. The van der Waals surface area contributed by atoms with Crippen molar-refractivity contribution in [3.63, 3.8) is 0 Å². The van der Waals surface area contributed by atoms with Crippen LogP contribution in [-0.2, 0) is 10.8 Å². The second kappa shape index (κ2) is 3.88. The van der Waals surface area contributed by atoms with E-state index in [1.165, 1.54) is 48.3 Å². The Hall–Kier alpha value is -1.24. The van der Waals surface area contributed by atoms with E-state index in [9.17, 15) is 0 Å². The molecule has 1 nitrogen and oxygen atoms in total. The van der Waals surface area contributed by atoms with Crippen LogP contribution < -0.4 is 4.90 Å². The number of anilines is 1. The highest BCUT2D eigenvalue weighted by Crippen LogP contribution is 2.49. The van der Waals surface area contributed by atoms with Crippen LogP contribution in [0.15, 0.2) is 18.7 Å². The molecule has 0 bridgehead atoms. The standard InChI is InChI=1S/C18H25N/c1-6-13-11-14-16-15(12-13)18(4,5)8-10-19(16)9-7-17(14,2)3/h6,11-12H,1,7-10H2,2-5H3. The third-order valence-corrected chi connectivity index (χ3v) is 5.16. The van der Waals surface area contributed by atoms with E-state index in [1.807, 2.05) is 6.08 Å². The topological polar surface area (TPSA) is 3.24 Å². The third-order valence-electron chi connectivity index (χ3n) is 5.16. The SMILES string of the molecule is C=Cc1cc2c3c(c1)C(C)(C)CCN3CCC2(C)C. The van der Waals surface area contributed by atoms with Crippen molar-refractivity contribution in [1.82, 2.24) is 0 Å². The van der Waals surface area contributed by atoms with Gasteiger partial charge >= 0.3 is 0 Å². The fraction of sp³-hybridized carbons (Fsp3) is 0.556. The van der Waals surface area contributed by atoms with E-state index in [-0.39, 0.29) is 10.8 Å². The first-order valence-corrected chi connectivity index (χ1v) is 7.41. The Morgan fingerprint density at radius 1 is 1.00 bits per heavy atom. The summed E-state index contributed by atoms with van der Waals surface area (Å²) in [6.07, 6.45) is 4.50. The van der Waals surface area contributed by atoms with E-state index in [2.05, 4.69) is 51.3 Å². The fourth-order valence-corrected chi connectivity index (χ4v) is 3.58. The Balaban J connectivity index is 2.32. The fourth-order valence-electron chi connectivity index (χ4n) is 3.58. The molecule has 2 aliphatic heterocycles. The molecule has 2 aliphatic rings. The van der Waals surface area contributed by atoms with Crippen molar-refractivity contribution in [3.05, 3.63) is 35.4 Å². The first-order chi connectivity index (χ1) is 8.85. The van der Waals surface area contributed by atoms with Crippen molar-refractivity contribution in [2.75, 3.05) is 18.0 Å². The van der Waals surface area contributed by atoms with E-state index in [1.54, 1.807) is 0 Å². The number of benzene rings is 1. The van der Waals surface area contributed by atoms with Crippen LogP contribution in [0.5, 0.6) is 0 Å². The van der Waals surface area contributed by atoms with Crippen molar-refractivity contribution >= 4 is 11.8 Å². The summed E-state index contributed by atoms with van der Waals surface area (Å²) < 4.78 is 0. The zero-order valence-electron chi connectivity index (χ0n) is 12.7. The van der Waals surface area contributed by atoms with Crippen LogP contribution in [0.3, 0.4) is 0 Å². The predicted octanol–water partition coefficient (Wildman–Crippen LogP) is 4.50. The minimum absolute atomic E-state index is 0.285. The second-order valence-electron chi connectivity index (χ2n) is 7.42. The van der Waals surface area contributed by atoms with Crippen molar-refractivity contribution in [2.45, 2.75) is 51.4 Å². The molecular formula is C18H25N. The minimum atomic E-state index is 0.285. The molecule has 0 saturated carbocycles. The third kappa shape index (κ3) is 1.82. The zero-order chi connectivity index (χ0) is 13.8. The van der Waals surface area contributed by atoms with Gasteiger partial charge in [0.15, 0.2) is 0 Å². The largest absolute Gasteiger partial charge is 0.371 e. The molecule has 0 amide bonds. The number of hydrogen-bond donors (Lipinski definition) is 0. The summed E-state index contributed by atoms with van der Waals surface area (Å²) in [5, 5.41) is 0. The lowest BCUT2D eigenvalue weighted by Crippen LogP contribution is -2.44. The quantitative estimate of drug-likeness (QED) is 0.714. The van der Waals surface area contributed by atoms with Gasteiger partial charge in [0.2, 0.25) is 0 Å². The van der Waals surface area contributed by atoms with Gasteiger partial charge in [0, 0.05) is 18.8 Å². The second-order valence-corrected chi connectivity index (χ2v) is 7.42. The molecule has 0 fully saturated rings. The first kappa shape index (κ1) is 12.8. The summed E-state index contributed by atoms with van der Waals surface area (Å²) in [6.45, 7) is 15.9. The molecule has 0 aromatic heterocycles. The van der Waals surface area contributed by atoms with Gasteiger partial charge in [-0.15, -0.1) is 0 Å². The van der Waals surface area contributed by atoms with Crippen LogP contribution in [-0.4, -0.2) is 13.1 Å². The lowest BCUT2D eigenvalue weighted by Gasteiger charge is -2.48. The van der Waals surface area contributed by atoms with Gasteiger partial charge in [0.1, 0.15) is 0 Å². The van der Waals surface area contributed by atoms with Gasteiger partial charge in [-0.25, -0.2) is 0 Å². The van der Waals surface area contributed by atoms with Gasteiger partial charge in [0.25, 0.3) is 0 Å². The highest BCUT2D eigenvalue weighted by Gasteiger charge is 2.39. The molecule has 0 N–H and O–H groups in total. The normalized spacial score (nSPS) is 22.8. The van der Waals surface area contributed by atoms with Crippen molar-refractivity contribution in [3.8, 4) is 0 Å². The molecule has 0 spiro atoms. The van der Waals surface area contributed by atoms with E-state index in [0.29, 0.717) is 0 Å². The average Bonchev–Trinajstić information content (AvgIpc) is 2.36. The van der Waals surface area contributed by atoms with Gasteiger partial charge in [-0.2, -0.15) is 0 Å². The molecule has 1 heteroatoms. The summed E-state index contributed by atoms with van der Waals surface area (Å²) in [4.78, 5) is 2.61. The lowest BCUT2D eigenvalue weighted by molar-refractivity contribution is 0.401. The Kier molecular flexibility index (Phi) is 2.61. The van der Waals surface area contributed by atoms with Crippen LogP contribution in [0.2, 0.25) is 0 Å². The molecule has 0 radical (unpaired) electrons. The highest BCUT2D eigenvalue weighted by molar-refractivity contribution is 5.71. The Morgan fingerprint density at radius 2 is 1.47 bits per heavy atom. The minimum Gasteiger partial charge on any atom is -0.371 e. The highest BCUT2D eigenvalue weighted by atomic mass is 15.2. The maximum atomic E-state index is 3.97. The number of nitrogens with zero attached hydrogens (tertiary/aromatic N) is 1. The van der Waals surface area contributed by atoms with E-state index >= 15 is 0 Å². The monoisotopic (exact) mass is 255 g/mol. The van der Waals surface area contributed by atoms with Gasteiger partial charge in [0.05, 0.1) is 0 Å². The summed E-state index contributed by atoms with van der Waals surface area (Å²) >= 11 is 0. The number of hydrogen-bond acceptors (Lipinski definition) is 1. The van der Waals surface area contributed by atoms with Crippen LogP contribution in [0.4, 0.5) is 5.69 Å². The van der Waals surface area contributed by atoms with Gasteiger partial charge in [-0.05, 0) is 52.5 Å². The van der Waals surface area contributed by atoms with Crippen LogP contribution in [0.25, 0.3) is 6.08 Å². The molecule has 3 rings (SSSR count). The Labute approximate surface area is 117 Å². The van der Waals surface area contributed by atoms with E-state index in [0.717, 1.165) is 0 Å².